The highest BCUT2D eigenvalue weighted by Crippen LogP contribution is 2.41. The van der Waals surface area contributed by atoms with Gasteiger partial charge >= 0.3 is 0 Å². The van der Waals surface area contributed by atoms with E-state index >= 15 is 0 Å². The molecule has 1 aliphatic rings. The second kappa shape index (κ2) is 5.68. The van der Waals surface area contributed by atoms with Crippen LogP contribution in [0.25, 0.3) is 0 Å². The first-order valence-corrected chi connectivity index (χ1v) is 6.48. The highest BCUT2D eigenvalue weighted by Gasteiger charge is 2.36. The summed E-state index contributed by atoms with van der Waals surface area (Å²) >= 11 is 2.11. The molecule has 0 bridgehead atoms. The Balaban J connectivity index is 2.58. The molecule has 0 aromatic heterocycles. The van der Waals surface area contributed by atoms with Crippen molar-refractivity contribution in [3.8, 4) is 11.8 Å². The van der Waals surface area contributed by atoms with Gasteiger partial charge in [0.05, 0.1) is 0 Å². The standard InChI is InChI=1S/C12H21NS/c1-4-6-8-11(13-5-2)12(3)9-7-10-14-12/h11,13H,5,7-10H2,1-3H3. The number of hydrogen-bond acceptors (Lipinski definition) is 2. The van der Waals surface area contributed by atoms with Gasteiger partial charge in [0, 0.05) is 17.2 Å². The first kappa shape index (κ1) is 11.9. The molecule has 2 unspecified atom stereocenters. The molecule has 1 aliphatic heterocycles. The van der Waals surface area contributed by atoms with Crippen LogP contribution in [0.2, 0.25) is 0 Å². The third-order valence-electron chi connectivity index (χ3n) is 2.92. The van der Waals surface area contributed by atoms with E-state index in [2.05, 4.69) is 42.8 Å². The zero-order chi connectivity index (χ0) is 10.4. The second-order valence-electron chi connectivity index (χ2n) is 4.01. The summed E-state index contributed by atoms with van der Waals surface area (Å²) in [5.41, 5.74) is 0. The van der Waals surface area contributed by atoms with Gasteiger partial charge in [-0.25, -0.2) is 0 Å². The minimum Gasteiger partial charge on any atom is -0.312 e. The molecule has 1 heterocycles. The van der Waals surface area contributed by atoms with Gasteiger partial charge in [0.1, 0.15) is 0 Å². The largest absolute Gasteiger partial charge is 0.312 e. The molecule has 1 nitrogen and oxygen atoms in total. The fourth-order valence-electron chi connectivity index (χ4n) is 2.03. The summed E-state index contributed by atoms with van der Waals surface area (Å²) in [5, 5.41) is 3.58. The smallest absolute Gasteiger partial charge is 0.0321 e. The van der Waals surface area contributed by atoms with E-state index in [1.165, 1.54) is 18.6 Å². The Morgan fingerprint density at radius 3 is 2.86 bits per heavy atom. The fraction of sp³-hybridized carbons (Fsp3) is 0.833. The van der Waals surface area contributed by atoms with Crippen molar-refractivity contribution in [2.24, 2.45) is 0 Å². The van der Waals surface area contributed by atoms with Crippen LogP contribution in [-0.4, -0.2) is 23.1 Å². The average Bonchev–Trinajstić information content (AvgIpc) is 2.60. The molecule has 1 N–H and O–H groups in total. The highest BCUT2D eigenvalue weighted by atomic mass is 32.2. The Bertz CT molecular complexity index is 220. The Morgan fingerprint density at radius 2 is 2.36 bits per heavy atom. The molecule has 2 heteroatoms. The highest BCUT2D eigenvalue weighted by molar-refractivity contribution is 8.00. The molecule has 14 heavy (non-hydrogen) atoms. The third-order valence-corrected chi connectivity index (χ3v) is 4.56. The first-order chi connectivity index (χ1) is 6.73. The summed E-state index contributed by atoms with van der Waals surface area (Å²) in [4.78, 5) is 0. The van der Waals surface area contributed by atoms with E-state index < -0.39 is 0 Å². The lowest BCUT2D eigenvalue weighted by Gasteiger charge is -2.32. The molecule has 0 aliphatic carbocycles. The van der Waals surface area contributed by atoms with Crippen molar-refractivity contribution < 1.29 is 0 Å². The van der Waals surface area contributed by atoms with Gasteiger partial charge in [-0.3, -0.25) is 0 Å². The van der Waals surface area contributed by atoms with Crippen molar-refractivity contribution in [1.29, 1.82) is 0 Å². The third kappa shape index (κ3) is 2.93. The van der Waals surface area contributed by atoms with E-state index in [0.29, 0.717) is 10.8 Å². The number of nitrogens with one attached hydrogen (secondary N) is 1. The lowest BCUT2D eigenvalue weighted by atomic mass is 9.93. The zero-order valence-corrected chi connectivity index (χ0v) is 10.3. The van der Waals surface area contributed by atoms with Gasteiger partial charge in [-0.05, 0) is 39.0 Å². The lowest BCUT2D eigenvalue weighted by Crippen LogP contribution is -2.44. The Labute approximate surface area is 92.4 Å². The number of thioether (sulfide) groups is 1. The monoisotopic (exact) mass is 211 g/mol. The second-order valence-corrected chi connectivity index (χ2v) is 5.64. The van der Waals surface area contributed by atoms with Crippen molar-refractivity contribution >= 4 is 11.8 Å². The summed E-state index contributed by atoms with van der Waals surface area (Å²) in [6, 6.07) is 0.562. The molecule has 1 fully saturated rings. The van der Waals surface area contributed by atoms with Gasteiger partial charge in [0.15, 0.2) is 0 Å². The quantitative estimate of drug-likeness (QED) is 0.718. The predicted octanol–water partition coefficient (Wildman–Crippen LogP) is 2.66. The van der Waals surface area contributed by atoms with Crippen LogP contribution < -0.4 is 5.32 Å². The Hall–Kier alpha value is -0.130. The van der Waals surface area contributed by atoms with Crippen LogP contribution in [0, 0.1) is 11.8 Å². The van der Waals surface area contributed by atoms with E-state index in [1.807, 2.05) is 6.92 Å². The molecule has 0 saturated carbocycles. The fourth-order valence-corrected chi connectivity index (χ4v) is 3.44. The Kier molecular flexibility index (Phi) is 4.84. The van der Waals surface area contributed by atoms with E-state index in [9.17, 15) is 0 Å². The molecular formula is C12H21NS. The van der Waals surface area contributed by atoms with Crippen molar-refractivity contribution in [1.82, 2.24) is 5.32 Å². The average molecular weight is 211 g/mol. The van der Waals surface area contributed by atoms with Crippen molar-refractivity contribution in [2.45, 2.75) is 50.8 Å². The van der Waals surface area contributed by atoms with Gasteiger partial charge in [0.25, 0.3) is 0 Å². The molecule has 0 amide bonds. The maximum Gasteiger partial charge on any atom is 0.0321 e. The van der Waals surface area contributed by atoms with Gasteiger partial charge < -0.3 is 5.32 Å². The Morgan fingerprint density at radius 1 is 1.57 bits per heavy atom. The minimum atomic E-state index is 0.417. The topological polar surface area (TPSA) is 12.0 Å². The normalized spacial score (nSPS) is 28.2. The lowest BCUT2D eigenvalue weighted by molar-refractivity contribution is 0.415. The van der Waals surface area contributed by atoms with Crippen LogP contribution in [0.3, 0.4) is 0 Å². The van der Waals surface area contributed by atoms with Crippen LogP contribution in [0.4, 0.5) is 0 Å². The van der Waals surface area contributed by atoms with Crippen LogP contribution >= 0.6 is 11.8 Å². The van der Waals surface area contributed by atoms with E-state index in [0.717, 1.165) is 13.0 Å². The minimum absolute atomic E-state index is 0.417. The van der Waals surface area contributed by atoms with Gasteiger partial charge in [0.2, 0.25) is 0 Å². The van der Waals surface area contributed by atoms with Crippen molar-refractivity contribution in [3.05, 3.63) is 0 Å². The summed E-state index contributed by atoms with van der Waals surface area (Å²) in [7, 11) is 0. The maximum atomic E-state index is 3.58. The summed E-state index contributed by atoms with van der Waals surface area (Å²) in [6.07, 6.45) is 3.69. The first-order valence-electron chi connectivity index (χ1n) is 5.50. The van der Waals surface area contributed by atoms with E-state index in [4.69, 9.17) is 0 Å². The molecule has 0 spiro atoms. The van der Waals surface area contributed by atoms with Gasteiger partial charge in [-0.15, -0.1) is 11.8 Å². The molecule has 0 radical (unpaired) electrons. The SMILES string of the molecule is CC#CCC(NCC)C1(C)CCCS1. The van der Waals surface area contributed by atoms with Crippen molar-refractivity contribution in [3.63, 3.8) is 0 Å². The molecule has 0 aromatic rings. The summed E-state index contributed by atoms with van der Waals surface area (Å²) < 4.78 is 0.417. The maximum absolute atomic E-state index is 3.58. The number of hydrogen-bond donors (Lipinski definition) is 1. The summed E-state index contributed by atoms with van der Waals surface area (Å²) in [6.45, 7) is 7.53. The molecule has 2 atom stereocenters. The predicted molar refractivity (Wildman–Crippen MR) is 65.6 cm³/mol. The van der Waals surface area contributed by atoms with E-state index in [1.54, 1.807) is 0 Å². The van der Waals surface area contributed by atoms with E-state index in [-0.39, 0.29) is 0 Å². The molecule has 1 saturated heterocycles. The molecule has 80 valence electrons. The van der Waals surface area contributed by atoms with Gasteiger partial charge in [-0.2, -0.15) is 11.8 Å². The molecule has 1 rings (SSSR count). The van der Waals surface area contributed by atoms with Crippen molar-refractivity contribution in [2.75, 3.05) is 12.3 Å². The van der Waals surface area contributed by atoms with Gasteiger partial charge in [-0.1, -0.05) is 6.92 Å². The molecule has 0 aromatic carbocycles. The van der Waals surface area contributed by atoms with Crippen LogP contribution in [0.5, 0.6) is 0 Å². The zero-order valence-electron chi connectivity index (χ0n) is 9.52. The molecular weight excluding hydrogens is 190 g/mol. The summed E-state index contributed by atoms with van der Waals surface area (Å²) in [5.74, 6) is 7.52. The van der Waals surface area contributed by atoms with Crippen LogP contribution in [0.15, 0.2) is 0 Å². The van der Waals surface area contributed by atoms with Crippen LogP contribution in [-0.2, 0) is 0 Å². The van der Waals surface area contributed by atoms with Crippen LogP contribution in [0.1, 0.15) is 40.0 Å². The number of rotatable bonds is 4.